The van der Waals surface area contributed by atoms with Crippen molar-refractivity contribution in [1.82, 2.24) is 0 Å². The van der Waals surface area contributed by atoms with Crippen LogP contribution in [-0.2, 0) is 16.0 Å². The second-order valence-electron chi connectivity index (χ2n) is 4.90. The number of ether oxygens (including phenoxy) is 1. The molecular formula is C18H16O2. The highest BCUT2D eigenvalue weighted by atomic mass is 16.5. The zero-order valence-corrected chi connectivity index (χ0v) is 11.5. The molecule has 0 spiro atoms. The summed E-state index contributed by atoms with van der Waals surface area (Å²) in [6, 6.07) is 14.5. The number of fused-ring (bicyclic) bond motifs is 3. The maximum Gasteiger partial charge on any atom is 0.338 e. The summed E-state index contributed by atoms with van der Waals surface area (Å²) >= 11 is 0. The van der Waals surface area contributed by atoms with Gasteiger partial charge in [-0.2, -0.15) is 0 Å². The molecule has 100 valence electrons. The molecule has 20 heavy (non-hydrogen) atoms. The Hall–Kier alpha value is -2.35. The monoisotopic (exact) mass is 264 g/mol. The summed E-state index contributed by atoms with van der Waals surface area (Å²) in [6.45, 7) is 6.01. The molecule has 0 aliphatic heterocycles. The lowest BCUT2D eigenvalue weighted by Gasteiger charge is -2.07. The Morgan fingerprint density at radius 1 is 1.15 bits per heavy atom. The molecule has 2 nitrogen and oxygen atoms in total. The van der Waals surface area contributed by atoms with E-state index < -0.39 is 0 Å². The van der Waals surface area contributed by atoms with Crippen LogP contribution in [0.5, 0.6) is 0 Å². The molecule has 0 N–H and O–H groups in total. The van der Waals surface area contributed by atoms with Crippen LogP contribution in [0.25, 0.3) is 16.7 Å². The molecule has 3 rings (SSSR count). The third-order valence-electron chi connectivity index (χ3n) is 3.66. The van der Waals surface area contributed by atoms with E-state index in [0.717, 1.165) is 12.0 Å². The summed E-state index contributed by atoms with van der Waals surface area (Å²) in [4.78, 5) is 11.7. The Bertz CT molecular complexity index is 698. The van der Waals surface area contributed by atoms with Crippen molar-refractivity contribution in [1.29, 1.82) is 0 Å². The van der Waals surface area contributed by atoms with Crippen LogP contribution in [0.1, 0.15) is 23.6 Å². The third kappa shape index (κ3) is 2.03. The van der Waals surface area contributed by atoms with Gasteiger partial charge in [0.2, 0.25) is 0 Å². The number of esters is 1. The lowest BCUT2D eigenvalue weighted by molar-refractivity contribution is -0.136. The molecule has 0 saturated heterocycles. The summed E-state index contributed by atoms with van der Waals surface area (Å²) in [5.74, 6) is -0.344. The van der Waals surface area contributed by atoms with Crippen LogP contribution in [0.2, 0.25) is 0 Å². The van der Waals surface area contributed by atoms with Crippen LogP contribution in [0, 0.1) is 0 Å². The van der Waals surface area contributed by atoms with Gasteiger partial charge < -0.3 is 4.74 Å². The van der Waals surface area contributed by atoms with Gasteiger partial charge in [-0.3, -0.25) is 0 Å². The van der Waals surface area contributed by atoms with Crippen molar-refractivity contribution in [3.05, 3.63) is 65.7 Å². The molecule has 1 aliphatic carbocycles. The number of hydrogen-bond donors (Lipinski definition) is 0. The number of rotatable bonds is 3. The average molecular weight is 264 g/mol. The Morgan fingerprint density at radius 2 is 1.90 bits per heavy atom. The molecule has 0 amide bonds. The van der Waals surface area contributed by atoms with Gasteiger partial charge in [-0.05, 0) is 47.2 Å². The molecule has 2 aromatic carbocycles. The van der Waals surface area contributed by atoms with Crippen LogP contribution >= 0.6 is 0 Å². The van der Waals surface area contributed by atoms with Crippen LogP contribution in [-0.4, -0.2) is 12.6 Å². The van der Waals surface area contributed by atoms with E-state index in [2.05, 4.69) is 43.0 Å². The van der Waals surface area contributed by atoms with Gasteiger partial charge in [-0.25, -0.2) is 4.79 Å². The largest absolute Gasteiger partial charge is 0.462 e. The molecular weight excluding hydrogens is 248 g/mol. The van der Waals surface area contributed by atoms with E-state index in [0.29, 0.717) is 12.2 Å². The zero-order chi connectivity index (χ0) is 14.1. The van der Waals surface area contributed by atoms with Crippen LogP contribution in [0.3, 0.4) is 0 Å². The first-order valence-corrected chi connectivity index (χ1v) is 6.78. The minimum Gasteiger partial charge on any atom is -0.462 e. The van der Waals surface area contributed by atoms with Crippen molar-refractivity contribution >= 4 is 11.5 Å². The van der Waals surface area contributed by atoms with Gasteiger partial charge in [0.15, 0.2) is 0 Å². The first-order valence-electron chi connectivity index (χ1n) is 6.78. The number of benzene rings is 2. The standard InChI is InChI=1S/C18H16O2/c1-3-20-18(19)12(2)13-8-9-17-15(10-13)11-14-6-4-5-7-16(14)17/h4-10H,2-3,11H2,1H3. The Morgan fingerprint density at radius 3 is 2.70 bits per heavy atom. The summed E-state index contributed by atoms with van der Waals surface area (Å²) in [7, 11) is 0. The molecule has 2 heteroatoms. The first kappa shape index (κ1) is 12.7. The summed E-state index contributed by atoms with van der Waals surface area (Å²) in [5, 5.41) is 0. The molecule has 1 aliphatic rings. The van der Waals surface area contributed by atoms with Gasteiger partial charge >= 0.3 is 5.97 Å². The Labute approximate surface area is 118 Å². The van der Waals surface area contributed by atoms with E-state index in [1.807, 2.05) is 6.07 Å². The minimum absolute atomic E-state index is 0.344. The smallest absolute Gasteiger partial charge is 0.338 e. The predicted molar refractivity (Wildman–Crippen MR) is 80.4 cm³/mol. The first-order chi connectivity index (χ1) is 9.70. The molecule has 0 bridgehead atoms. The number of carbonyl (C=O) groups excluding carboxylic acids is 1. The van der Waals surface area contributed by atoms with Gasteiger partial charge in [0.1, 0.15) is 0 Å². The van der Waals surface area contributed by atoms with E-state index in [9.17, 15) is 4.79 Å². The highest BCUT2D eigenvalue weighted by Crippen LogP contribution is 2.37. The van der Waals surface area contributed by atoms with Crippen molar-refractivity contribution in [2.75, 3.05) is 6.61 Å². The molecule has 0 saturated carbocycles. The fourth-order valence-corrected chi connectivity index (χ4v) is 2.67. The molecule has 0 atom stereocenters. The summed E-state index contributed by atoms with van der Waals surface area (Å²) < 4.78 is 5.00. The maximum absolute atomic E-state index is 11.7. The molecule has 0 aromatic heterocycles. The molecule has 0 unspecified atom stereocenters. The highest BCUT2D eigenvalue weighted by molar-refractivity contribution is 6.15. The fraction of sp³-hybridized carbons (Fsp3) is 0.167. The van der Waals surface area contributed by atoms with Crippen molar-refractivity contribution in [2.45, 2.75) is 13.3 Å². The topological polar surface area (TPSA) is 26.3 Å². The second-order valence-corrected chi connectivity index (χ2v) is 4.90. The molecule has 0 radical (unpaired) electrons. The van der Waals surface area contributed by atoms with Gasteiger partial charge in [0, 0.05) is 0 Å². The molecule has 2 aromatic rings. The maximum atomic E-state index is 11.7. The normalized spacial score (nSPS) is 11.7. The average Bonchev–Trinajstić information content (AvgIpc) is 2.84. The SMILES string of the molecule is C=C(C(=O)OCC)c1ccc2c(c1)Cc1ccccc1-2. The highest BCUT2D eigenvalue weighted by Gasteiger charge is 2.19. The zero-order valence-electron chi connectivity index (χ0n) is 11.5. The molecule has 0 fully saturated rings. The quantitative estimate of drug-likeness (QED) is 0.531. The van der Waals surface area contributed by atoms with Crippen LogP contribution < -0.4 is 0 Å². The minimum atomic E-state index is -0.344. The molecule has 0 heterocycles. The van der Waals surface area contributed by atoms with E-state index >= 15 is 0 Å². The lowest BCUT2D eigenvalue weighted by Crippen LogP contribution is -2.06. The number of carbonyl (C=O) groups is 1. The van der Waals surface area contributed by atoms with Crippen molar-refractivity contribution < 1.29 is 9.53 Å². The summed E-state index contributed by atoms with van der Waals surface area (Å²) in [6.07, 6.45) is 0.912. The lowest BCUT2D eigenvalue weighted by atomic mass is 10.00. The third-order valence-corrected chi connectivity index (χ3v) is 3.66. The van der Waals surface area contributed by atoms with Gasteiger partial charge in [-0.15, -0.1) is 0 Å². The van der Waals surface area contributed by atoms with Gasteiger partial charge in [0.25, 0.3) is 0 Å². The Kier molecular flexibility index (Phi) is 3.15. The second kappa shape index (κ2) is 4.97. The number of hydrogen-bond acceptors (Lipinski definition) is 2. The Balaban J connectivity index is 1.95. The van der Waals surface area contributed by atoms with E-state index in [1.54, 1.807) is 6.92 Å². The van der Waals surface area contributed by atoms with Gasteiger partial charge in [-0.1, -0.05) is 43.0 Å². The van der Waals surface area contributed by atoms with Crippen molar-refractivity contribution in [3.8, 4) is 11.1 Å². The van der Waals surface area contributed by atoms with E-state index in [4.69, 9.17) is 4.74 Å². The van der Waals surface area contributed by atoms with Crippen LogP contribution in [0.4, 0.5) is 0 Å². The van der Waals surface area contributed by atoms with Gasteiger partial charge in [0.05, 0.1) is 12.2 Å². The predicted octanol–water partition coefficient (Wildman–Crippen LogP) is 3.83. The van der Waals surface area contributed by atoms with E-state index in [1.165, 1.54) is 22.3 Å². The van der Waals surface area contributed by atoms with Crippen LogP contribution in [0.15, 0.2) is 49.0 Å². The van der Waals surface area contributed by atoms with Crippen molar-refractivity contribution in [3.63, 3.8) is 0 Å². The van der Waals surface area contributed by atoms with Crippen molar-refractivity contribution in [2.24, 2.45) is 0 Å². The fourth-order valence-electron chi connectivity index (χ4n) is 2.67. The summed E-state index contributed by atoms with van der Waals surface area (Å²) in [5.41, 5.74) is 6.38. The van der Waals surface area contributed by atoms with E-state index in [-0.39, 0.29) is 5.97 Å².